The van der Waals surface area contributed by atoms with Crippen molar-refractivity contribution in [3.05, 3.63) is 58.5 Å². The molecule has 0 unspecified atom stereocenters. The van der Waals surface area contributed by atoms with Crippen LogP contribution in [0.4, 0.5) is 13.2 Å². The minimum absolute atomic E-state index is 0.0380. The number of allylic oxidation sites excluding steroid dienone is 1. The molecule has 3 aromatic rings. The number of aryl methyl sites for hydroxylation is 1. The molecule has 0 aromatic carbocycles. The van der Waals surface area contributed by atoms with Crippen molar-refractivity contribution in [3.8, 4) is 16.6 Å². The van der Waals surface area contributed by atoms with Crippen LogP contribution in [0.2, 0.25) is 0 Å². The fourth-order valence-electron chi connectivity index (χ4n) is 2.24. The van der Waals surface area contributed by atoms with Gasteiger partial charge < -0.3 is 4.42 Å². The number of ketones is 1. The number of nitrogens with zero attached hydrogens (tertiary/aromatic N) is 3. The SMILES string of the molecule is Cn1nc(C(F)(F)F)cc1-c1ccc(C=C(C#N)C(=O)c2ccco2)s1. The monoisotopic (exact) mass is 377 g/mol. The first-order valence-electron chi connectivity index (χ1n) is 7.21. The zero-order valence-electron chi connectivity index (χ0n) is 13.2. The van der Waals surface area contributed by atoms with Gasteiger partial charge in [-0.2, -0.15) is 23.5 Å². The van der Waals surface area contributed by atoms with Crippen LogP contribution in [-0.4, -0.2) is 15.6 Å². The summed E-state index contributed by atoms with van der Waals surface area (Å²) in [6, 6.07) is 8.98. The van der Waals surface area contributed by atoms with Gasteiger partial charge in [-0.3, -0.25) is 9.48 Å². The van der Waals surface area contributed by atoms with Crippen LogP contribution in [0.15, 0.2) is 46.6 Å². The second-order valence-corrected chi connectivity index (χ2v) is 6.33. The highest BCUT2D eigenvalue weighted by Crippen LogP contribution is 2.34. The van der Waals surface area contributed by atoms with Crippen molar-refractivity contribution in [1.82, 2.24) is 9.78 Å². The molecular formula is C17H10F3N3O2S. The van der Waals surface area contributed by atoms with E-state index in [4.69, 9.17) is 4.42 Å². The number of carbonyl (C=O) groups is 1. The van der Waals surface area contributed by atoms with Gasteiger partial charge in [-0.1, -0.05) is 0 Å². The van der Waals surface area contributed by atoms with Gasteiger partial charge in [0.15, 0.2) is 11.5 Å². The molecule has 0 atom stereocenters. The normalized spacial score (nSPS) is 12.2. The van der Waals surface area contributed by atoms with E-state index in [1.807, 2.05) is 6.07 Å². The van der Waals surface area contributed by atoms with Gasteiger partial charge in [0.05, 0.1) is 16.8 Å². The highest BCUT2D eigenvalue weighted by Gasteiger charge is 2.34. The lowest BCUT2D eigenvalue weighted by Gasteiger charge is -1.98. The van der Waals surface area contributed by atoms with E-state index in [1.54, 1.807) is 12.1 Å². The van der Waals surface area contributed by atoms with Gasteiger partial charge in [0.1, 0.15) is 11.6 Å². The van der Waals surface area contributed by atoms with Crippen LogP contribution in [-0.2, 0) is 13.2 Å². The number of alkyl halides is 3. The van der Waals surface area contributed by atoms with Crippen LogP contribution in [0.25, 0.3) is 16.6 Å². The number of rotatable bonds is 4. The minimum atomic E-state index is -4.53. The van der Waals surface area contributed by atoms with E-state index in [0.29, 0.717) is 9.75 Å². The summed E-state index contributed by atoms with van der Waals surface area (Å²) in [5.41, 5.74) is -0.821. The zero-order valence-corrected chi connectivity index (χ0v) is 14.1. The molecular weight excluding hydrogens is 367 g/mol. The van der Waals surface area contributed by atoms with Gasteiger partial charge in [-0.15, -0.1) is 11.3 Å². The third-order valence-electron chi connectivity index (χ3n) is 3.45. The Bertz CT molecular complexity index is 1020. The molecule has 0 saturated carbocycles. The summed E-state index contributed by atoms with van der Waals surface area (Å²) in [5, 5.41) is 12.7. The zero-order chi connectivity index (χ0) is 18.9. The summed E-state index contributed by atoms with van der Waals surface area (Å²) in [5.74, 6) is -0.525. The van der Waals surface area contributed by atoms with E-state index >= 15 is 0 Å². The predicted octanol–water partition coefficient (Wildman–Crippen LogP) is 4.55. The molecule has 26 heavy (non-hydrogen) atoms. The molecule has 0 aliphatic heterocycles. The lowest BCUT2D eigenvalue weighted by Crippen LogP contribution is -2.06. The molecule has 0 amide bonds. The maximum atomic E-state index is 12.8. The number of nitriles is 1. The van der Waals surface area contributed by atoms with Crippen LogP contribution in [0.5, 0.6) is 0 Å². The molecule has 9 heteroatoms. The molecule has 132 valence electrons. The molecule has 0 N–H and O–H groups in total. The maximum Gasteiger partial charge on any atom is 0.435 e. The van der Waals surface area contributed by atoms with E-state index in [-0.39, 0.29) is 17.0 Å². The van der Waals surface area contributed by atoms with Crippen LogP contribution in [0.1, 0.15) is 21.1 Å². The van der Waals surface area contributed by atoms with Crippen molar-refractivity contribution in [2.45, 2.75) is 6.18 Å². The summed E-state index contributed by atoms with van der Waals surface area (Å²) in [6.07, 6.45) is -1.83. The molecule has 0 aliphatic carbocycles. The number of Topliss-reactive ketones (excluding diaryl/α,β-unsaturated/α-hetero) is 1. The van der Waals surface area contributed by atoms with Crippen molar-refractivity contribution < 1.29 is 22.4 Å². The molecule has 0 saturated heterocycles. The third-order valence-corrected chi connectivity index (χ3v) is 4.50. The van der Waals surface area contributed by atoms with E-state index in [0.717, 1.165) is 22.1 Å². The smallest absolute Gasteiger partial charge is 0.435 e. The first kappa shape index (κ1) is 17.7. The van der Waals surface area contributed by atoms with Gasteiger partial charge in [0.25, 0.3) is 0 Å². The molecule has 0 bridgehead atoms. The standard InChI is InChI=1S/C17H10F3N3O2S/c1-23-12(8-15(22-23)17(18,19)20)14-5-4-11(26-14)7-10(9-21)16(24)13-3-2-6-25-13/h2-8H,1H3. The Labute approximate surface area is 149 Å². The van der Waals surface area contributed by atoms with Gasteiger partial charge in [-0.25, -0.2) is 0 Å². The van der Waals surface area contributed by atoms with E-state index in [2.05, 4.69) is 5.10 Å². The van der Waals surface area contributed by atoms with Gasteiger partial charge in [-0.05, 0) is 36.4 Å². The average Bonchev–Trinajstić information content (AvgIpc) is 3.31. The Balaban J connectivity index is 1.92. The molecule has 3 aromatic heterocycles. The lowest BCUT2D eigenvalue weighted by atomic mass is 10.1. The Morgan fingerprint density at radius 1 is 1.38 bits per heavy atom. The molecule has 3 rings (SSSR count). The van der Waals surface area contributed by atoms with Gasteiger partial charge >= 0.3 is 6.18 Å². The van der Waals surface area contributed by atoms with Gasteiger partial charge in [0.2, 0.25) is 5.78 Å². The number of halogens is 3. The fraction of sp³-hybridized carbons (Fsp3) is 0.118. The highest BCUT2D eigenvalue weighted by molar-refractivity contribution is 7.16. The number of carbonyl (C=O) groups excluding carboxylic acids is 1. The molecule has 0 spiro atoms. The average molecular weight is 377 g/mol. The third kappa shape index (κ3) is 3.45. The number of hydrogen-bond acceptors (Lipinski definition) is 5. The van der Waals surface area contributed by atoms with Crippen molar-refractivity contribution in [2.75, 3.05) is 0 Å². The number of thiophene rings is 1. The second-order valence-electron chi connectivity index (χ2n) is 5.21. The summed E-state index contributed by atoms with van der Waals surface area (Å²) < 4.78 is 44.5. The van der Waals surface area contributed by atoms with Crippen molar-refractivity contribution >= 4 is 23.2 Å². The Morgan fingerprint density at radius 3 is 2.73 bits per heavy atom. The summed E-state index contributed by atoms with van der Waals surface area (Å²) >= 11 is 1.14. The second kappa shape index (κ2) is 6.65. The van der Waals surface area contributed by atoms with Crippen molar-refractivity contribution in [2.24, 2.45) is 7.05 Å². The maximum absolute atomic E-state index is 12.8. The quantitative estimate of drug-likeness (QED) is 0.380. The first-order valence-corrected chi connectivity index (χ1v) is 8.02. The highest BCUT2D eigenvalue weighted by atomic mass is 32.1. The minimum Gasteiger partial charge on any atom is -0.461 e. The summed E-state index contributed by atoms with van der Waals surface area (Å²) in [6.45, 7) is 0. The van der Waals surface area contributed by atoms with Gasteiger partial charge in [0, 0.05) is 11.9 Å². The van der Waals surface area contributed by atoms with Crippen molar-refractivity contribution in [3.63, 3.8) is 0 Å². The number of aromatic nitrogens is 2. The fourth-order valence-corrected chi connectivity index (χ4v) is 3.23. The van der Waals surface area contributed by atoms with Crippen LogP contribution >= 0.6 is 11.3 Å². The number of furan rings is 1. The Morgan fingerprint density at radius 2 is 2.15 bits per heavy atom. The summed E-state index contributed by atoms with van der Waals surface area (Å²) in [4.78, 5) is 13.2. The molecule has 5 nitrogen and oxygen atoms in total. The first-order chi connectivity index (χ1) is 12.3. The molecule has 0 aliphatic rings. The Hall–Kier alpha value is -3.12. The topological polar surface area (TPSA) is 71.8 Å². The van der Waals surface area contributed by atoms with E-state index in [9.17, 15) is 23.2 Å². The Kier molecular flexibility index (Phi) is 4.52. The molecule has 0 radical (unpaired) electrons. The lowest BCUT2D eigenvalue weighted by molar-refractivity contribution is -0.141. The number of hydrogen-bond donors (Lipinski definition) is 0. The van der Waals surface area contributed by atoms with Crippen LogP contribution in [0.3, 0.4) is 0 Å². The van der Waals surface area contributed by atoms with Crippen LogP contribution < -0.4 is 0 Å². The van der Waals surface area contributed by atoms with Crippen molar-refractivity contribution in [1.29, 1.82) is 5.26 Å². The van der Waals surface area contributed by atoms with E-state index in [1.165, 1.54) is 31.5 Å². The van der Waals surface area contributed by atoms with E-state index < -0.39 is 17.7 Å². The molecule has 3 heterocycles. The van der Waals surface area contributed by atoms with Crippen LogP contribution in [0, 0.1) is 11.3 Å². The largest absolute Gasteiger partial charge is 0.461 e. The molecule has 0 fully saturated rings. The summed E-state index contributed by atoms with van der Waals surface area (Å²) in [7, 11) is 1.42. The predicted molar refractivity (Wildman–Crippen MR) is 88.2 cm³/mol.